The van der Waals surface area contributed by atoms with Crippen molar-refractivity contribution in [3.05, 3.63) is 0 Å². The van der Waals surface area contributed by atoms with Gasteiger partial charge in [-0.05, 0) is 50.6 Å². The number of rotatable bonds is 4. The molecule has 90 valence electrons. The standard InChI is InChI=1S/C13H28N2/c1-11(6-5-8-14)15-9-7-12(10-15)13(2,3)4/h11-12H,5-10,14H2,1-4H3. The highest BCUT2D eigenvalue weighted by Crippen LogP contribution is 2.34. The first-order valence-corrected chi connectivity index (χ1v) is 6.39. The molecule has 0 amide bonds. The summed E-state index contributed by atoms with van der Waals surface area (Å²) in [6.45, 7) is 12.9. The zero-order valence-corrected chi connectivity index (χ0v) is 10.9. The van der Waals surface area contributed by atoms with Crippen LogP contribution in [0.4, 0.5) is 0 Å². The molecule has 2 unspecified atom stereocenters. The number of hydrogen-bond acceptors (Lipinski definition) is 2. The molecule has 0 spiro atoms. The van der Waals surface area contributed by atoms with E-state index in [2.05, 4.69) is 32.6 Å². The molecular weight excluding hydrogens is 184 g/mol. The molecule has 0 saturated carbocycles. The fourth-order valence-electron chi connectivity index (χ4n) is 2.49. The van der Waals surface area contributed by atoms with Crippen LogP contribution < -0.4 is 5.73 Å². The molecule has 1 aliphatic heterocycles. The van der Waals surface area contributed by atoms with E-state index in [9.17, 15) is 0 Å². The van der Waals surface area contributed by atoms with Crippen molar-refractivity contribution in [1.29, 1.82) is 0 Å². The van der Waals surface area contributed by atoms with Gasteiger partial charge in [-0.2, -0.15) is 0 Å². The summed E-state index contributed by atoms with van der Waals surface area (Å²) in [7, 11) is 0. The van der Waals surface area contributed by atoms with E-state index in [1.807, 2.05) is 0 Å². The maximum absolute atomic E-state index is 5.55. The third-order valence-corrected chi connectivity index (χ3v) is 3.89. The van der Waals surface area contributed by atoms with Crippen LogP contribution in [-0.2, 0) is 0 Å². The Morgan fingerprint density at radius 3 is 2.53 bits per heavy atom. The van der Waals surface area contributed by atoms with Crippen LogP contribution in [0.3, 0.4) is 0 Å². The van der Waals surface area contributed by atoms with Gasteiger partial charge in [0.25, 0.3) is 0 Å². The summed E-state index contributed by atoms with van der Waals surface area (Å²) in [4.78, 5) is 2.64. The average Bonchev–Trinajstić information content (AvgIpc) is 2.62. The lowest BCUT2D eigenvalue weighted by Gasteiger charge is -2.29. The fourth-order valence-corrected chi connectivity index (χ4v) is 2.49. The smallest absolute Gasteiger partial charge is 0.00675 e. The Balaban J connectivity index is 2.35. The lowest BCUT2D eigenvalue weighted by Crippen LogP contribution is -2.33. The van der Waals surface area contributed by atoms with Gasteiger partial charge in [0.2, 0.25) is 0 Å². The molecule has 2 N–H and O–H groups in total. The molecule has 1 rings (SSSR count). The van der Waals surface area contributed by atoms with Crippen molar-refractivity contribution < 1.29 is 0 Å². The van der Waals surface area contributed by atoms with Gasteiger partial charge in [0.05, 0.1) is 0 Å². The van der Waals surface area contributed by atoms with E-state index >= 15 is 0 Å². The Morgan fingerprint density at radius 1 is 1.40 bits per heavy atom. The summed E-state index contributed by atoms with van der Waals surface area (Å²) >= 11 is 0. The van der Waals surface area contributed by atoms with E-state index in [0.29, 0.717) is 5.41 Å². The molecule has 0 radical (unpaired) electrons. The molecule has 0 aliphatic carbocycles. The highest BCUT2D eigenvalue weighted by atomic mass is 15.2. The first kappa shape index (κ1) is 13.0. The van der Waals surface area contributed by atoms with Crippen molar-refractivity contribution in [3.8, 4) is 0 Å². The van der Waals surface area contributed by atoms with Crippen LogP contribution in [0.1, 0.15) is 47.0 Å². The largest absolute Gasteiger partial charge is 0.330 e. The van der Waals surface area contributed by atoms with Crippen LogP contribution >= 0.6 is 0 Å². The highest BCUT2D eigenvalue weighted by Gasteiger charge is 2.33. The van der Waals surface area contributed by atoms with Gasteiger partial charge in [0, 0.05) is 12.6 Å². The zero-order valence-electron chi connectivity index (χ0n) is 10.9. The Kier molecular flexibility index (Phi) is 4.60. The molecule has 1 heterocycles. The summed E-state index contributed by atoms with van der Waals surface area (Å²) in [5.74, 6) is 0.873. The van der Waals surface area contributed by atoms with Gasteiger partial charge < -0.3 is 10.6 Å². The molecule has 1 saturated heterocycles. The van der Waals surface area contributed by atoms with Crippen LogP contribution in [0.5, 0.6) is 0 Å². The van der Waals surface area contributed by atoms with Crippen molar-refractivity contribution in [2.45, 2.75) is 53.0 Å². The van der Waals surface area contributed by atoms with Gasteiger partial charge in [0.1, 0.15) is 0 Å². The van der Waals surface area contributed by atoms with Crippen molar-refractivity contribution >= 4 is 0 Å². The van der Waals surface area contributed by atoms with Gasteiger partial charge in [-0.3, -0.25) is 0 Å². The lowest BCUT2D eigenvalue weighted by atomic mass is 9.80. The van der Waals surface area contributed by atoms with Crippen LogP contribution in [0.25, 0.3) is 0 Å². The normalized spacial score (nSPS) is 25.8. The lowest BCUT2D eigenvalue weighted by molar-refractivity contribution is 0.195. The number of nitrogens with zero attached hydrogens (tertiary/aromatic N) is 1. The van der Waals surface area contributed by atoms with E-state index in [1.165, 1.54) is 25.9 Å². The van der Waals surface area contributed by atoms with Crippen molar-refractivity contribution in [2.24, 2.45) is 17.1 Å². The second-order valence-corrected chi connectivity index (χ2v) is 6.13. The maximum atomic E-state index is 5.55. The molecule has 0 bridgehead atoms. The Hall–Kier alpha value is -0.0800. The quantitative estimate of drug-likeness (QED) is 0.776. The van der Waals surface area contributed by atoms with Crippen molar-refractivity contribution in [3.63, 3.8) is 0 Å². The van der Waals surface area contributed by atoms with Crippen molar-refractivity contribution in [2.75, 3.05) is 19.6 Å². The van der Waals surface area contributed by atoms with E-state index < -0.39 is 0 Å². The minimum absolute atomic E-state index is 0.475. The number of hydrogen-bond donors (Lipinski definition) is 1. The minimum atomic E-state index is 0.475. The van der Waals surface area contributed by atoms with E-state index in [0.717, 1.165) is 24.9 Å². The SMILES string of the molecule is CC(CCCN)N1CCC(C(C)(C)C)C1. The monoisotopic (exact) mass is 212 g/mol. The minimum Gasteiger partial charge on any atom is -0.330 e. The number of nitrogens with two attached hydrogens (primary N) is 1. The molecule has 2 nitrogen and oxygen atoms in total. The first-order valence-electron chi connectivity index (χ1n) is 6.39. The molecule has 1 aliphatic rings. The highest BCUT2D eigenvalue weighted by molar-refractivity contribution is 4.85. The Morgan fingerprint density at radius 2 is 2.07 bits per heavy atom. The molecule has 0 aromatic carbocycles. The van der Waals surface area contributed by atoms with Crippen LogP contribution in [0.2, 0.25) is 0 Å². The van der Waals surface area contributed by atoms with E-state index in [4.69, 9.17) is 5.73 Å². The second-order valence-electron chi connectivity index (χ2n) is 6.13. The third kappa shape index (κ3) is 3.76. The molecule has 1 fully saturated rings. The van der Waals surface area contributed by atoms with E-state index in [-0.39, 0.29) is 0 Å². The third-order valence-electron chi connectivity index (χ3n) is 3.89. The summed E-state index contributed by atoms with van der Waals surface area (Å²) < 4.78 is 0. The summed E-state index contributed by atoms with van der Waals surface area (Å²) in [6, 6.07) is 0.723. The topological polar surface area (TPSA) is 29.3 Å². The first-order chi connectivity index (χ1) is 6.95. The molecule has 2 heteroatoms. The summed E-state index contributed by atoms with van der Waals surface area (Å²) in [5, 5.41) is 0. The molecule has 2 atom stereocenters. The van der Waals surface area contributed by atoms with Crippen LogP contribution in [0, 0.1) is 11.3 Å². The molecular formula is C13H28N2. The summed E-state index contributed by atoms with van der Waals surface area (Å²) in [6.07, 6.45) is 3.79. The molecule has 15 heavy (non-hydrogen) atoms. The van der Waals surface area contributed by atoms with Gasteiger partial charge in [-0.25, -0.2) is 0 Å². The van der Waals surface area contributed by atoms with E-state index in [1.54, 1.807) is 0 Å². The van der Waals surface area contributed by atoms with Gasteiger partial charge in [-0.15, -0.1) is 0 Å². The fraction of sp³-hybridized carbons (Fsp3) is 1.00. The Bertz CT molecular complexity index is 183. The zero-order chi connectivity index (χ0) is 11.5. The predicted octanol–water partition coefficient (Wildman–Crippen LogP) is 2.48. The molecule has 0 aromatic heterocycles. The summed E-state index contributed by atoms with van der Waals surface area (Å²) in [5.41, 5.74) is 6.03. The molecule has 0 aromatic rings. The Labute approximate surface area is 95.2 Å². The average molecular weight is 212 g/mol. The number of likely N-dealkylation sites (tertiary alicyclic amines) is 1. The van der Waals surface area contributed by atoms with Crippen LogP contribution in [0.15, 0.2) is 0 Å². The van der Waals surface area contributed by atoms with Gasteiger partial charge in [-0.1, -0.05) is 20.8 Å². The van der Waals surface area contributed by atoms with Crippen LogP contribution in [-0.4, -0.2) is 30.6 Å². The predicted molar refractivity (Wildman–Crippen MR) is 66.9 cm³/mol. The van der Waals surface area contributed by atoms with Gasteiger partial charge >= 0.3 is 0 Å². The second kappa shape index (κ2) is 5.31. The van der Waals surface area contributed by atoms with Crippen molar-refractivity contribution in [1.82, 2.24) is 4.90 Å². The maximum Gasteiger partial charge on any atom is 0.00675 e. The van der Waals surface area contributed by atoms with Gasteiger partial charge in [0.15, 0.2) is 0 Å².